The number of anilines is 3. The summed E-state index contributed by atoms with van der Waals surface area (Å²) in [5.74, 6) is 0.663. The fourth-order valence-electron chi connectivity index (χ4n) is 3.02. The number of hydrogen-bond donors (Lipinski definition) is 2. The van der Waals surface area contributed by atoms with Crippen LogP contribution in [0.2, 0.25) is 0 Å². The van der Waals surface area contributed by atoms with Crippen molar-refractivity contribution in [2.75, 3.05) is 10.6 Å². The number of hydrogen-bond acceptors (Lipinski definition) is 6. The SMILES string of the molecule is Cc1nccn1-c1cc(Nc2ccc(NC(=O)c3ccccc3OC(F)(F)F)cc2)ncn1. The molecule has 8 nitrogen and oxygen atoms in total. The van der Waals surface area contributed by atoms with Crippen molar-refractivity contribution in [3.8, 4) is 11.6 Å². The second-order valence-electron chi connectivity index (χ2n) is 6.81. The summed E-state index contributed by atoms with van der Waals surface area (Å²) in [5, 5.41) is 5.69. The van der Waals surface area contributed by atoms with Crippen molar-refractivity contribution in [1.29, 1.82) is 0 Å². The molecule has 0 saturated heterocycles. The third-order valence-corrected chi connectivity index (χ3v) is 4.50. The predicted molar refractivity (Wildman–Crippen MR) is 115 cm³/mol. The molecule has 0 fully saturated rings. The Balaban J connectivity index is 1.45. The number of para-hydroxylation sites is 1. The molecule has 2 aromatic carbocycles. The number of rotatable bonds is 6. The van der Waals surface area contributed by atoms with E-state index in [9.17, 15) is 18.0 Å². The Hall–Kier alpha value is -4.41. The van der Waals surface area contributed by atoms with Crippen molar-refractivity contribution in [2.45, 2.75) is 13.3 Å². The number of aromatic nitrogens is 4. The van der Waals surface area contributed by atoms with Gasteiger partial charge >= 0.3 is 6.36 Å². The lowest BCUT2D eigenvalue weighted by Crippen LogP contribution is -2.20. The summed E-state index contributed by atoms with van der Waals surface area (Å²) >= 11 is 0. The lowest BCUT2D eigenvalue weighted by Gasteiger charge is -2.13. The second kappa shape index (κ2) is 8.99. The van der Waals surface area contributed by atoms with Gasteiger partial charge < -0.3 is 15.4 Å². The maximum atomic E-state index is 12.6. The van der Waals surface area contributed by atoms with Crippen LogP contribution >= 0.6 is 0 Å². The molecule has 4 rings (SSSR count). The molecule has 0 spiro atoms. The van der Waals surface area contributed by atoms with Crippen molar-refractivity contribution in [3.05, 3.63) is 84.7 Å². The summed E-state index contributed by atoms with van der Waals surface area (Å²) in [6.07, 6.45) is -0.0185. The largest absolute Gasteiger partial charge is 0.573 e. The van der Waals surface area contributed by atoms with Gasteiger partial charge in [0, 0.05) is 29.8 Å². The van der Waals surface area contributed by atoms with Crippen LogP contribution in [0.1, 0.15) is 16.2 Å². The fourth-order valence-corrected chi connectivity index (χ4v) is 3.02. The molecule has 168 valence electrons. The van der Waals surface area contributed by atoms with Gasteiger partial charge in [0.25, 0.3) is 5.91 Å². The molecule has 2 heterocycles. The van der Waals surface area contributed by atoms with Crippen LogP contribution in [0.15, 0.2) is 73.3 Å². The number of ether oxygens (including phenoxy) is 1. The van der Waals surface area contributed by atoms with E-state index >= 15 is 0 Å². The first kappa shape index (κ1) is 21.8. The third kappa shape index (κ3) is 5.45. The zero-order valence-electron chi connectivity index (χ0n) is 17.2. The molecule has 0 bridgehead atoms. The van der Waals surface area contributed by atoms with Crippen LogP contribution in [0.4, 0.5) is 30.4 Å². The summed E-state index contributed by atoms with van der Waals surface area (Å²) < 4.78 is 43.5. The molecule has 1 amide bonds. The molecule has 2 N–H and O–H groups in total. The molecule has 0 radical (unpaired) electrons. The zero-order valence-corrected chi connectivity index (χ0v) is 17.2. The Kier molecular flexibility index (Phi) is 5.94. The lowest BCUT2D eigenvalue weighted by atomic mass is 10.2. The van der Waals surface area contributed by atoms with E-state index < -0.39 is 18.0 Å². The Morgan fingerprint density at radius 2 is 1.73 bits per heavy atom. The summed E-state index contributed by atoms with van der Waals surface area (Å²) in [6, 6.07) is 13.5. The van der Waals surface area contributed by atoms with Crippen LogP contribution in [-0.2, 0) is 0 Å². The molecule has 0 aliphatic carbocycles. The Morgan fingerprint density at radius 3 is 2.42 bits per heavy atom. The predicted octanol–water partition coefficient (Wildman–Crippen LogP) is 4.87. The molecule has 0 atom stereocenters. The molecular formula is C22H17F3N6O2. The van der Waals surface area contributed by atoms with Gasteiger partial charge in [-0.1, -0.05) is 12.1 Å². The van der Waals surface area contributed by atoms with E-state index in [1.165, 1.54) is 24.5 Å². The summed E-state index contributed by atoms with van der Waals surface area (Å²) in [5.41, 5.74) is 0.839. The first-order chi connectivity index (χ1) is 15.8. The highest BCUT2D eigenvalue weighted by molar-refractivity contribution is 6.06. The summed E-state index contributed by atoms with van der Waals surface area (Å²) in [4.78, 5) is 25.1. The van der Waals surface area contributed by atoms with E-state index in [1.54, 1.807) is 42.7 Å². The molecule has 4 aromatic rings. The topological polar surface area (TPSA) is 94.0 Å². The van der Waals surface area contributed by atoms with E-state index in [0.29, 0.717) is 23.0 Å². The standard InChI is InChI=1S/C22H17F3N6O2/c1-14-26-10-11-31(14)20-12-19(27-13-28-20)29-15-6-8-16(9-7-15)30-21(32)17-4-2-3-5-18(17)33-22(23,24)25/h2-13H,1H3,(H,30,32)(H,27,28,29). The minimum atomic E-state index is -4.90. The van der Waals surface area contributed by atoms with E-state index in [0.717, 1.165) is 11.9 Å². The fraction of sp³-hybridized carbons (Fsp3) is 0.0909. The maximum absolute atomic E-state index is 12.6. The van der Waals surface area contributed by atoms with E-state index in [4.69, 9.17) is 0 Å². The van der Waals surface area contributed by atoms with Gasteiger partial charge in [0.15, 0.2) is 0 Å². The average molecular weight is 454 g/mol. The lowest BCUT2D eigenvalue weighted by molar-refractivity contribution is -0.274. The Bertz CT molecular complexity index is 1270. The molecule has 33 heavy (non-hydrogen) atoms. The van der Waals surface area contributed by atoms with Gasteiger partial charge in [0.05, 0.1) is 5.56 Å². The van der Waals surface area contributed by atoms with Gasteiger partial charge in [-0.3, -0.25) is 9.36 Å². The van der Waals surface area contributed by atoms with Crippen LogP contribution in [0, 0.1) is 6.92 Å². The molecule has 0 aliphatic rings. The van der Waals surface area contributed by atoms with E-state index in [1.807, 2.05) is 11.5 Å². The molecule has 2 aromatic heterocycles. The highest BCUT2D eigenvalue weighted by Gasteiger charge is 2.32. The van der Waals surface area contributed by atoms with Crippen molar-refractivity contribution < 1.29 is 22.7 Å². The molecule has 0 saturated carbocycles. The van der Waals surface area contributed by atoms with Crippen LogP contribution < -0.4 is 15.4 Å². The maximum Gasteiger partial charge on any atom is 0.573 e. The van der Waals surface area contributed by atoms with Gasteiger partial charge in [-0.2, -0.15) is 0 Å². The molecule has 11 heteroatoms. The number of imidazole rings is 1. The van der Waals surface area contributed by atoms with Crippen molar-refractivity contribution in [1.82, 2.24) is 19.5 Å². The van der Waals surface area contributed by atoms with Crippen LogP contribution in [0.25, 0.3) is 5.82 Å². The number of benzene rings is 2. The highest BCUT2D eigenvalue weighted by Crippen LogP contribution is 2.27. The number of amides is 1. The Morgan fingerprint density at radius 1 is 1.00 bits per heavy atom. The first-order valence-corrected chi connectivity index (χ1v) is 9.64. The van der Waals surface area contributed by atoms with E-state index in [-0.39, 0.29) is 5.56 Å². The van der Waals surface area contributed by atoms with E-state index in [2.05, 4.69) is 30.3 Å². The number of aryl methyl sites for hydroxylation is 1. The van der Waals surface area contributed by atoms with Gasteiger partial charge in [0.2, 0.25) is 0 Å². The number of alkyl halides is 3. The van der Waals surface area contributed by atoms with Crippen LogP contribution in [-0.4, -0.2) is 31.8 Å². The van der Waals surface area contributed by atoms with Crippen molar-refractivity contribution in [2.24, 2.45) is 0 Å². The minimum Gasteiger partial charge on any atom is -0.405 e. The quantitative estimate of drug-likeness (QED) is 0.432. The monoisotopic (exact) mass is 454 g/mol. The molecule has 0 aliphatic heterocycles. The van der Waals surface area contributed by atoms with Gasteiger partial charge in [-0.15, -0.1) is 13.2 Å². The number of nitrogens with one attached hydrogen (secondary N) is 2. The third-order valence-electron chi connectivity index (χ3n) is 4.50. The molecular weight excluding hydrogens is 437 g/mol. The highest BCUT2D eigenvalue weighted by atomic mass is 19.4. The number of nitrogens with zero attached hydrogens (tertiary/aromatic N) is 4. The van der Waals surface area contributed by atoms with Crippen LogP contribution in [0.5, 0.6) is 5.75 Å². The van der Waals surface area contributed by atoms with Gasteiger partial charge in [-0.05, 0) is 43.3 Å². The molecule has 0 unspecified atom stereocenters. The average Bonchev–Trinajstić information content (AvgIpc) is 3.20. The number of halogens is 3. The van der Waals surface area contributed by atoms with Gasteiger partial charge in [-0.25, -0.2) is 15.0 Å². The zero-order chi connectivity index (χ0) is 23.4. The van der Waals surface area contributed by atoms with Crippen LogP contribution in [0.3, 0.4) is 0 Å². The summed E-state index contributed by atoms with van der Waals surface area (Å²) in [6.45, 7) is 1.86. The second-order valence-corrected chi connectivity index (χ2v) is 6.81. The van der Waals surface area contributed by atoms with Crippen molar-refractivity contribution >= 4 is 23.1 Å². The number of carbonyl (C=O) groups excluding carboxylic acids is 1. The summed E-state index contributed by atoms with van der Waals surface area (Å²) in [7, 11) is 0. The minimum absolute atomic E-state index is 0.236. The number of carbonyl (C=O) groups is 1. The first-order valence-electron chi connectivity index (χ1n) is 9.64. The normalized spacial score (nSPS) is 11.2. The Labute approximate surface area is 186 Å². The smallest absolute Gasteiger partial charge is 0.405 e. The van der Waals surface area contributed by atoms with Crippen molar-refractivity contribution in [3.63, 3.8) is 0 Å². The van der Waals surface area contributed by atoms with Gasteiger partial charge in [0.1, 0.15) is 29.5 Å².